The highest BCUT2D eigenvalue weighted by Crippen LogP contribution is 2.40. The zero-order valence-electron chi connectivity index (χ0n) is 22.8. The Morgan fingerprint density at radius 3 is 2.32 bits per heavy atom. The van der Waals surface area contributed by atoms with Gasteiger partial charge in [0.25, 0.3) is 5.91 Å². The van der Waals surface area contributed by atoms with Gasteiger partial charge in [0.2, 0.25) is 0 Å². The van der Waals surface area contributed by atoms with E-state index >= 15 is 0 Å². The van der Waals surface area contributed by atoms with Crippen LogP contribution in [0.15, 0.2) is 65.6 Å². The Bertz CT molecular complexity index is 1680. The van der Waals surface area contributed by atoms with Crippen LogP contribution in [0, 0.1) is 11.6 Å². The second-order valence-electron chi connectivity index (χ2n) is 10.3. The van der Waals surface area contributed by atoms with E-state index in [9.17, 15) is 22.0 Å². The van der Waals surface area contributed by atoms with Gasteiger partial charge in [-0.2, -0.15) is 0 Å². The molecule has 0 radical (unpaired) electrons. The van der Waals surface area contributed by atoms with Gasteiger partial charge in [0.1, 0.15) is 16.5 Å². The van der Waals surface area contributed by atoms with Crippen molar-refractivity contribution in [3.63, 3.8) is 0 Å². The third kappa shape index (κ3) is 6.04. The second-order valence-corrected chi connectivity index (χ2v) is 14.0. The first-order valence-electron chi connectivity index (χ1n) is 13.6. The Morgan fingerprint density at radius 2 is 1.68 bits per heavy atom. The van der Waals surface area contributed by atoms with E-state index in [4.69, 9.17) is 11.6 Å². The molecule has 1 N–H and O–H groups in total. The van der Waals surface area contributed by atoms with Gasteiger partial charge in [-0.3, -0.25) is 4.79 Å². The zero-order valence-corrected chi connectivity index (χ0v) is 25.2. The average Bonchev–Trinajstić information content (AvgIpc) is 3.36. The number of hydrogen-bond donors (Lipinski definition) is 1. The van der Waals surface area contributed by atoms with Gasteiger partial charge >= 0.3 is 0 Å². The molecule has 1 aliphatic rings. The number of rotatable bonds is 8. The lowest BCUT2D eigenvalue weighted by molar-refractivity contribution is 0.0606. The molecule has 0 bridgehead atoms. The van der Waals surface area contributed by atoms with Crippen LogP contribution >= 0.6 is 22.9 Å². The molecule has 41 heavy (non-hydrogen) atoms. The molecule has 4 aromatic rings. The number of benzene rings is 3. The van der Waals surface area contributed by atoms with Crippen molar-refractivity contribution in [2.75, 3.05) is 12.8 Å². The number of carbonyl (C=O) groups is 1. The molecule has 1 aliphatic carbocycles. The van der Waals surface area contributed by atoms with E-state index in [1.54, 1.807) is 36.1 Å². The summed E-state index contributed by atoms with van der Waals surface area (Å²) in [5, 5.41) is 3.19. The SMILES string of the molecule is CCS(=O)(=O)c1ccc(-c2cccc(CN(C(=O)c3sc4c(F)ccc(F)c4c3Cl)[C@H]3CC[C@H](NC)CC3)c2)cc1. The predicted octanol–water partition coefficient (Wildman–Crippen LogP) is 7.47. The molecule has 0 atom stereocenters. The highest BCUT2D eigenvalue weighted by atomic mass is 35.5. The molecule has 216 valence electrons. The molecule has 0 aliphatic heterocycles. The van der Waals surface area contributed by atoms with Crippen LogP contribution in [-0.4, -0.2) is 44.1 Å². The van der Waals surface area contributed by atoms with Gasteiger partial charge in [-0.1, -0.05) is 48.9 Å². The van der Waals surface area contributed by atoms with Crippen molar-refractivity contribution in [2.24, 2.45) is 0 Å². The summed E-state index contributed by atoms with van der Waals surface area (Å²) < 4.78 is 53.6. The zero-order chi connectivity index (χ0) is 29.3. The van der Waals surface area contributed by atoms with Crippen molar-refractivity contribution in [2.45, 2.75) is 56.1 Å². The van der Waals surface area contributed by atoms with Crippen LogP contribution in [0.5, 0.6) is 0 Å². The van der Waals surface area contributed by atoms with Crippen molar-refractivity contribution in [1.29, 1.82) is 0 Å². The summed E-state index contributed by atoms with van der Waals surface area (Å²) in [5.41, 5.74) is 2.62. The highest BCUT2D eigenvalue weighted by Gasteiger charge is 2.32. The van der Waals surface area contributed by atoms with Crippen LogP contribution in [0.1, 0.15) is 47.8 Å². The quantitative estimate of drug-likeness (QED) is 0.223. The normalized spacial score (nSPS) is 17.6. The molecule has 10 heteroatoms. The molecule has 0 saturated heterocycles. The minimum Gasteiger partial charge on any atom is -0.331 e. The topological polar surface area (TPSA) is 66.5 Å². The van der Waals surface area contributed by atoms with Crippen LogP contribution in [0.25, 0.3) is 21.2 Å². The Hall–Kier alpha value is -2.85. The van der Waals surface area contributed by atoms with Gasteiger partial charge < -0.3 is 10.2 Å². The van der Waals surface area contributed by atoms with E-state index in [2.05, 4.69) is 5.32 Å². The van der Waals surface area contributed by atoms with Gasteiger partial charge in [-0.15, -0.1) is 11.3 Å². The first kappa shape index (κ1) is 29.6. The number of carbonyl (C=O) groups excluding carboxylic acids is 1. The number of amides is 1. The lowest BCUT2D eigenvalue weighted by atomic mass is 9.89. The number of nitrogens with zero attached hydrogens (tertiary/aromatic N) is 1. The molecule has 1 amide bonds. The number of hydrogen-bond acceptors (Lipinski definition) is 5. The molecule has 1 aromatic heterocycles. The van der Waals surface area contributed by atoms with E-state index in [0.717, 1.165) is 65.8 Å². The summed E-state index contributed by atoms with van der Waals surface area (Å²) in [6.45, 7) is 1.91. The van der Waals surface area contributed by atoms with Crippen LogP contribution in [-0.2, 0) is 16.4 Å². The molecular formula is C31H31ClF2N2O3S2. The number of thiophene rings is 1. The van der Waals surface area contributed by atoms with Gasteiger partial charge in [0, 0.05) is 18.6 Å². The van der Waals surface area contributed by atoms with E-state index in [1.807, 2.05) is 31.3 Å². The molecule has 5 rings (SSSR count). The van der Waals surface area contributed by atoms with E-state index in [1.165, 1.54) is 0 Å². The largest absolute Gasteiger partial charge is 0.331 e. The molecule has 1 fully saturated rings. The Morgan fingerprint density at radius 1 is 1.00 bits per heavy atom. The third-order valence-corrected chi connectivity index (χ3v) is 11.3. The molecule has 5 nitrogen and oxygen atoms in total. The van der Waals surface area contributed by atoms with Crippen molar-refractivity contribution in [3.05, 3.63) is 87.8 Å². The monoisotopic (exact) mass is 616 g/mol. The number of halogens is 3. The first-order chi connectivity index (χ1) is 19.6. The number of nitrogens with one attached hydrogen (secondary N) is 1. The van der Waals surface area contributed by atoms with Crippen LogP contribution in [0.2, 0.25) is 5.02 Å². The average molecular weight is 617 g/mol. The fraction of sp³-hybridized carbons (Fsp3) is 0.323. The maximum Gasteiger partial charge on any atom is 0.266 e. The lowest BCUT2D eigenvalue weighted by Gasteiger charge is -2.37. The Labute approximate surface area is 248 Å². The van der Waals surface area contributed by atoms with Crippen molar-refractivity contribution >= 4 is 48.8 Å². The summed E-state index contributed by atoms with van der Waals surface area (Å²) >= 11 is 7.41. The number of fused-ring (bicyclic) bond motifs is 1. The Kier molecular flexibility index (Phi) is 8.80. The molecule has 1 saturated carbocycles. The summed E-state index contributed by atoms with van der Waals surface area (Å²) in [4.78, 5) is 16.3. The van der Waals surface area contributed by atoms with Gasteiger partial charge in [-0.05, 0) is 79.8 Å². The van der Waals surface area contributed by atoms with Gasteiger partial charge in [-0.25, -0.2) is 17.2 Å². The van der Waals surface area contributed by atoms with Gasteiger partial charge in [0.15, 0.2) is 9.84 Å². The predicted molar refractivity (Wildman–Crippen MR) is 161 cm³/mol. The second kappa shape index (κ2) is 12.2. The molecule has 1 heterocycles. The highest BCUT2D eigenvalue weighted by molar-refractivity contribution is 7.91. The molecule has 0 unspecified atom stereocenters. The molecular weight excluding hydrogens is 586 g/mol. The van der Waals surface area contributed by atoms with Crippen molar-refractivity contribution < 1.29 is 22.0 Å². The van der Waals surface area contributed by atoms with Crippen LogP contribution in [0.3, 0.4) is 0 Å². The van der Waals surface area contributed by atoms with Crippen LogP contribution in [0.4, 0.5) is 8.78 Å². The standard InChI is InChI=1S/C31H31ClF2N2O3S2/c1-3-41(38,39)24-13-7-20(8-14-24)21-6-4-5-19(17-21)18-36(23-11-9-22(35-2)10-12-23)31(37)30-28(32)27-25(33)15-16-26(34)29(27)40-30/h4-8,13-17,22-23,35H,3,9-12,18H2,1-2H3/t22-,23-. The minimum atomic E-state index is -3.30. The van der Waals surface area contributed by atoms with E-state index in [0.29, 0.717) is 12.6 Å². The van der Waals surface area contributed by atoms with E-state index < -0.39 is 21.5 Å². The van der Waals surface area contributed by atoms with Crippen molar-refractivity contribution in [3.8, 4) is 11.1 Å². The Balaban J connectivity index is 1.48. The fourth-order valence-corrected chi connectivity index (χ4v) is 7.87. The summed E-state index contributed by atoms with van der Waals surface area (Å²) in [6.07, 6.45) is 3.38. The van der Waals surface area contributed by atoms with Gasteiger partial charge in [0.05, 0.1) is 25.8 Å². The maximum atomic E-state index is 14.6. The summed E-state index contributed by atoms with van der Waals surface area (Å²) in [7, 11) is -1.37. The maximum absolute atomic E-state index is 14.6. The van der Waals surface area contributed by atoms with E-state index in [-0.39, 0.29) is 42.6 Å². The first-order valence-corrected chi connectivity index (χ1v) is 16.4. The molecule has 0 spiro atoms. The fourth-order valence-electron chi connectivity index (χ4n) is 5.48. The van der Waals surface area contributed by atoms with Crippen LogP contribution < -0.4 is 5.32 Å². The smallest absolute Gasteiger partial charge is 0.266 e. The van der Waals surface area contributed by atoms with Crippen molar-refractivity contribution in [1.82, 2.24) is 10.2 Å². The summed E-state index contributed by atoms with van der Waals surface area (Å²) in [5.74, 6) is -1.58. The number of sulfone groups is 1. The lowest BCUT2D eigenvalue weighted by Crippen LogP contribution is -2.44. The summed E-state index contributed by atoms with van der Waals surface area (Å²) in [6, 6.07) is 16.9. The minimum absolute atomic E-state index is 0.0328. The third-order valence-electron chi connectivity index (χ3n) is 7.89. The molecule has 3 aromatic carbocycles.